The number of aromatic nitrogens is 2. The molecule has 0 unspecified atom stereocenters. The van der Waals surface area contributed by atoms with Crippen molar-refractivity contribution in [1.82, 2.24) is 9.38 Å². The van der Waals surface area contributed by atoms with Crippen LogP contribution >= 0.6 is 23.2 Å². The van der Waals surface area contributed by atoms with Gasteiger partial charge in [-0.1, -0.05) is 29.3 Å². The van der Waals surface area contributed by atoms with E-state index in [1.807, 2.05) is 35.0 Å². The minimum Gasteiger partial charge on any atom is -0.392 e. The number of aliphatic hydroxyl groups excluding tert-OH is 1. The number of aliphatic hydroxyl groups is 1. The van der Waals surface area contributed by atoms with Crippen molar-refractivity contribution in [2.45, 2.75) is 6.61 Å². The van der Waals surface area contributed by atoms with Gasteiger partial charge >= 0.3 is 0 Å². The summed E-state index contributed by atoms with van der Waals surface area (Å²) in [4.78, 5) is 4.51. The van der Waals surface area contributed by atoms with E-state index in [0.29, 0.717) is 10.0 Å². The highest BCUT2D eigenvalue weighted by atomic mass is 35.5. The first-order chi connectivity index (χ1) is 9.17. The van der Waals surface area contributed by atoms with Crippen LogP contribution in [-0.4, -0.2) is 14.5 Å². The summed E-state index contributed by atoms with van der Waals surface area (Å²) in [5.74, 6) is 0. The fourth-order valence-electron chi connectivity index (χ4n) is 1.92. The van der Waals surface area contributed by atoms with Gasteiger partial charge in [0.15, 0.2) is 0 Å². The van der Waals surface area contributed by atoms with Crippen LogP contribution < -0.4 is 0 Å². The Hall–Kier alpha value is -1.55. The SMILES string of the molecule is OCc1ccn2cc(-c3ccc(Cl)c(Cl)c3)nc2c1. The zero-order chi connectivity index (χ0) is 13.4. The van der Waals surface area contributed by atoms with Crippen molar-refractivity contribution in [3.8, 4) is 11.3 Å². The van der Waals surface area contributed by atoms with Crippen LogP contribution in [0.4, 0.5) is 0 Å². The largest absolute Gasteiger partial charge is 0.392 e. The molecule has 5 heteroatoms. The van der Waals surface area contributed by atoms with E-state index >= 15 is 0 Å². The van der Waals surface area contributed by atoms with Gasteiger partial charge in [0.2, 0.25) is 0 Å². The number of fused-ring (bicyclic) bond motifs is 1. The number of pyridine rings is 1. The number of hydrogen-bond acceptors (Lipinski definition) is 2. The Bertz CT molecular complexity index is 752. The van der Waals surface area contributed by atoms with Crippen molar-refractivity contribution >= 4 is 28.8 Å². The third-order valence-electron chi connectivity index (χ3n) is 2.92. The van der Waals surface area contributed by atoms with Gasteiger partial charge in [0, 0.05) is 18.0 Å². The van der Waals surface area contributed by atoms with Gasteiger partial charge in [0.05, 0.1) is 22.3 Å². The molecule has 3 nitrogen and oxygen atoms in total. The van der Waals surface area contributed by atoms with Gasteiger partial charge in [-0.25, -0.2) is 4.98 Å². The van der Waals surface area contributed by atoms with Gasteiger partial charge in [-0.3, -0.25) is 0 Å². The number of nitrogens with zero attached hydrogens (tertiary/aromatic N) is 2. The second-order valence-corrected chi connectivity index (χ2v) is 5.03. The third-order valence-corrected chi connectivity index (χ3v) is 3.66. The Labute approximate surface area is 120 Å². The summed E-state index contributed by atoms with van der Waals surface area (Å²) in [6.45, 7) is 0.00542. The van der Waals surface area contributed by atoms with Gasteiger partial charge in [-0.15, -0.1) is 0 Å². The maximum atomic E-state index is 9.12. The highest BCUT2D eigenvalue weighted by molar-refractivity contribution is 6.42. The molecule has 3 aromatic rings. The van der Waals surface area contributed by atoms with Gasteiger partial charge in [-0.05, 0) is 29.8 Å². The highest BCUT2D eigenvalue weighted by Gasteiger charge is 2.07. The highest BCUT2D eigenvalue weighted by Crippen LogP contribution is 2.28. The van der Waals surface area contributed by atoms with Crippen molar-refractivity contribution in [2.75, 3.05) is 0 Å². The minimum atomic E-state index is 0.00542. The second kappa shape index (κ2) is 4.85. The van der Waals surface area contributed by atoms with Crippen LogP contribution in [0.3, 0.4) is 0 Å². The predicted octanol–water partition coefficient (Wildman–Crippen LogP) is 3.80. The molecular formula is C14H10Cl2N2O. The molecule has 3 rings (SSSR count). The number of benzene rings is 1. The molecule has 0 radical (unpaired) electrons. The summed E-state index contributed by atoms with van der Waals surface area (Å²) in [7, 11) is 0. The van der Waals surface area contributed by atoms with Crippen LogP contribution in [0, 0.1) is 0 Å². The van der Waals surface area contributed by atoms with Crippen molar-refractivity contribution in [2.24, 2.45) is 0 Å². The van der Waals surface area contributed by atoms with Crippen LogP contribution in [0.25, 0.3) is 16.9 Å². The zero-order valence-corrected chi connectivity index (χ0v) is 11.4. The molecule has 0 saturated heterocycles. The molecule has 0 spiro atoms. The van der Waals surface area contributed by atoms with Gasteiger partial charge in [0.25, 0.3) is 0 Å². The molecule has 0 fully saturated rings. The van der Waals surface area contributed by atoms with E-state index in [4.69, 9.17) is 28.3 Å². The summed E-state index contributed by atoms with van der Waals surface area (Å²) >= 11 is 11.9. The Morgan fingerprint density at radius 1 is 1.11 bits per heavy atom. The van der Waals surface area contributed by atoms with E-state index in [9.17, 15) is 0 Å². The molecule has 0 amide bonds. The Kier molecular flexibility index (Phi) is 3.19. The second-order valence-electron chi connectivity index (χ2n) is 4.21. The fourth-order valence-corrected chi connectivity index (χ4v) is 2.22. The maximum absolute atomic E-state index is 9.12. The van der Waals surface area contributed by atoms with Gasteiger partial charge in [0.1, 0.15) is 5.65 Å². The normalized spacial score (nSPS) is 11.1. The van der Waals surface area contributed by atoms with Crippen molar-refractivity contribution < 1.29 is 5.11 Å². The summed E-state index contributed by atoms with van der Waals surface area (Å²) in [5, 5.41) is 10.2. The fraction of sp³-hybridized carbons (Fsp3) is 0.0714. The minimum absolute atomic E-state index is 0.00542. The topological polar surface area (TPSA) is 37.5 Å². The molecule has 0 aliphatic carbocycles. The molecule has 0 saturated carbocycles. The molecule has 0 aliphatic heterocycles. The molecule has 96 valence electrons. The van der Waals surface area contributed by atoms with Gasteiger partial charge < -0.3 is 9.51 Å². The quantitative estimate of drug-likeness (QED) is 0.780. The first-order valence-electron chi connectivity index (χ1n) is 5.71. The Morgan fingerprint density at radius 2 is 1.95 bits per heavy atom. The molecule has 0 atom stereocenters. The number of hydrogen-bond donors (Lipinski definition) is 1. The predicted molar refractivity (Wildman–Crippen MR) is 76.6 cm³/mol. The Balaban J connectivity index is 2.11. The molecule has 2 aromatic heterocycles. The smallest absolute Gasteiger partial charge is 0.137 e. The lowest BCUT2D eigenvalue weighted by Crippen LogP contribution is -1.87. The van der Waals surface area contributed by atoms with E-state index in [1.54, 1.807) is 12.1 Å². The summed E-state index contributed by atoms with van der Waals surface area (Å²) < 4.78 is 1.90. The standard InChI is InChI=1S/C14H10Cl2N2O/c15-11-2-1-10(6-12(11)16)13-7-18-4-3-9(8-19)5-14(18)17-13/h1-7,19H,8H2. The van der Waals surface area contributed by atoms with Crippen molar-refractivity contribution in [1.29, 1.82) is 0 Å². The summed E-state index contributed by atoms with van der Waals surface area (Å²) in [6, 6.07) is 9.12. The molecule has 1 N–H and O–H groups in total. The monoisotopic (exact) mass is 292 g/mol. The van der Waals surface area contributed by atoms with Gasteiger partial charge in [-0.2, -0.15) is 0 Å². The molecule has 1 aromatic carbocycles. The molecule has 0 aliphatic rings. The van der Waals surface area contributed by atoms with E-state index in [-0.39, 0.29) is 6.61 Å². The zero-order valence-electron chi connectivity index (χ0n) is 9.85. The summed E-state index contributed by atoms with van der Waals surface area (Å²) in [6.07, 6.45) is 3.78. The van der Waals surface area contributed by atoms with Crippen molar-refractivity contribution in [3.63, 3.8) is 0 Å². The van der Waals surface area contributed by atoms with E-state index in [2.05, 4.69) is 4.98 Å². The van der Waals surface area contributed by atoms with E-state index < -0.39 is 0 Å². The van der Waals surface area contributed by atoms with E-state index in [0.717, 1.165) is 22.5 Å². The molecule has 2 heterocycles. The number of rotatable bonds is 2. The van der Waals surface area contributed by atoms with Crippen molar-refractivity contribution in [3.05, 3.63) is 58.3 Å². The third kappa shape index (κ3) is 2.32. The van der Waals surface area contributed by atoms with Crippen LogP contribution in [0.5, 0.6) is 0 Å². The lowest BCUT2D eigenvalue weighted by molar-refractivity contribution is 0.282. The van der Waals surface area contributed by atoms with E-state index in [1.165, 1.54) is 0 Å². The average molecular weight is 293 g/mol. The molecular weight excluding hydrogens is 283 g/mol. The first kappa shape index (κ1) is 12.5. The first-order valence-corrected chi connectivity index (χ1v) is 6.47. The number of imidazole rings is 1. The maximum Gasteiger partial charge on any atom is 0.137 e. The molecule has 19 heavy (non-hydrogen) atoms. The van der Waals surface area contributed by atoms with Crippen LogP contribution in [0.15, 0.2) is 42.7 Å². The van der Waals surface area contributed by atoms with Crippen LogP contribution in [0.1, 0.15) is 5.56 Å². The van der Waals surface area contributed by atoms with Crippen LogP contribution in [0.2, 0.25) is 10.0 Å². The lowest BCUT2D eigenvalue weighted by atomic mass is 10.2. The molecule has 0 bridgehead atoms. The van der Waals surface area contributed by atoms with Crippen LogP contribution in [-0.2, 0) is 6.61 Å². The average Bonchev–Trinajstić information content (AvgIpc) is 2.84. The Morgan fingerprint density at radius 3 is 2.68 bits per heavy atom. The number of halogens is 2. The lowest BCUT2D eigenvalue weighted by Gasteiger charge is -1.98. The summed E-state index contributed by atoms with van der Waals surface area (Å²) in [5.41, 5.74) is 3.34.